The molecule has 6 nitrogen and oxygen atoms in total. The Hall–Kier alpha value is -1.95. The van der Waals surface area contributed by atoms with Crippen LogP contribution in [-0.4, -0.2) is 50.4 Å². The average Bonchev–Trinajstić information content (AvgIpc) is 3.14. The highest BCUT2D eigenvalue weighted by Gasteiger charge is 2.20. The molecule has 0 radical (unpaired) electrons. The van der Waals surface area contributed by atoms with Crippen molar-refractivity contribution in [3.05, 3.63) is 23.8 Å². The summed E-state index contributed by atoms with van der Waals surface area (Å²) in [5.74, 6) is 2.14. The fraction of sp³-hybridized carbons (Fsp3) is 0.611. The van der Waals surface area contributed by atoms with Gasteiger partial charge in [0.25, 0.3) is 0 Å². The standard InChI is InChI=1S/C18H27N3O3/c1-22-16-8-4-5-14(17(16)24-15-6-2-3-7-15)13-20-18(19)21-9-11-23-12-10-21/h4-5,8,15H,2-3,6-7,9-13H2,1H3,(H2,19,20). The molecule has 3 rings (SSSR count). The molecule has 0 amide bonds. The minimum Gasteiger partial charge on any atom is -0.493 e. The Morgan fingerprint density at radius 1 is 1.29 bits per heavy atom. The Balaban J connectivity index is 1.73. The molecule has 0 spiro atoms. The number of nitrogens with zero attached hydrogens (tertiary/aromatic N) is 2. The van der Waals surface area contributed by atoms with Gasteiger partial charge in [0.15, 0.2) is 17.5 Å². The quantitative estimate of drug-likeness (QED) is 0.660. The first kappa shape index (κ1) is 16.9. The van der Waals surface area contributed by atoms with Gasteiger partial charge < -0.3 is 24.8 Å². The second-order valence-corrected chi connectivity index (χ2v) is 6.25. The third-order valence-corrected chi connectivity index (χ3v) is 4.61. The highest BCUT2D eigenvalue weighted by atomic mass is 16.5. The molecule has 1 aliphatic heterocycles. The van der Waals surface area contributed by atoms with Gasteiger partial charge in [-0.3, -0.25) is 0 Å². The third kappa shape index (κ3) is 4.12. The lowest BCUT2D eigenvalue weighted by Gasteiger charge is -2.27. The van der Waals surface area contributed by atoms with E-state index in [0.717, 1.165) is 43.0 Å². The van der Waals surface area contributed by atoms with E-state index >= 15 is 0 Å². The Morgan fingerprint density at radius 2 is 2.04 bits per heavy atom. The second kappa shape index (κ2) is 8.24. The Labute approximate surface area is 143 Å². The smallest absolute Gasteiger partial charge is 0.191 e. The van der Waals surface area contributed by atoms with Crippen LogP contribution in [0.25, 0.3) is 0 Å². The number of nitrogens with two attached hydrogens (primary N) is 1. The van der Waals surface area contributed by atoms with E-state index in [1.165, 1.54) is 12.8 Å². The first-order valence-electron chi connectivity index (χ1n) is 8.73. The van der Waals surface area contributed by atoms with Gasteiger partial charge in [0.1, 0.15) is 0 Å². The maximum Gasteiger partial charge on any atom is 0.191 e. The molecule has 1 saturated carbocycles. The molecule has 0 aromatic heterocycles. The van der Waals surface area contributed by atoms with E-state index in [1.54, 1.807) is 7.11 Å². The van der Waals surface area contributed by atoms with Crippen LogP contribution in [0.4, 0.5) is 0 Å². The fourth-order valence-electron chi connectivity index (χ4n) is 3.21. The minimum absolute atomic E-state index is 0.278. The lowest BCUT2D eigenvalue weighted by molar-refractivity contribution is 0.0674. The summed E-state index contributed by atoms with van der Waals surface area (Å²) in [6.07, 6.45) is 4.96. The molecule has 1 aliphatic carbocycles. The third-order valence-electron chi connectivity index (χ3n) is 4.61. The van der Waals surface area contributed by atoms with Crippen molar-refractivity contribution in [2.24, 2.45) is 10.7 Å². The molecule has 2 aliphatic rings. The molecule has 0 bridgehead atoms. The number of ether oxygens (including phenoxy) is 3. The van der Waals surface area contributed by atoms with Crippen molar-refractivity contribution in [2.75, 3.05) is 33.4 Å². The SMILES string of the molecule is COc1cccc(CN=C(N)N2CCOCC2)c1OC1CCCC1. The van der Waals surface area contributed by atoms with Gasteiger partial charge in [0, 0.05) is 18.7 Å². The zero-order valence-electron chi connectivity index (χ0n) is 14.4. The fourth-order valence-corrected chi connectivity index (χ4v) is 3.21. The number of para-hydroxylation sites is 1. The van der Waals surface area contributed by atoms with Gasteiger partial charge >= 0.3 is 0 Å². The van der Waals surface area contributed by atoms with Crippen molar-refractivity contribution in [1.82, 2.24) is 4.90 Å². The highest BCUT2D eigenvalue weighted by Crippen LogP contribution is 2.35. The van der Waals surface area contributed by atoms with Crippen LogP contribution >= 0.6 is 0 Å². The summed E-state index contributed by atoms with van der Waals surface area (Å²) < 4.78 is 17.1. The Morgan fingerprint density at radius 3 is 2.75 bits per heavy atom. The van der Waals surface area contributed by atoms with Gasteiger partial charge in [-0.25, -0.2) is 4.99 Å². The number of benzene rings is 1. The Bertz CT molecular complexity index is 565. The summed E-state index contributed by atoms with van der Waals surface area (Å²) in [7, 11) is 1.67. The van der Waals surface area contributed by atoms with Crippen LogP contribution in [0.15, 0.2) is 23.2 Å². The highest BCUT2D eigenvalue weighted by molar-refractivity contribution is 5.78. The average molecular weight is 333 g/mol. The molecule has 0 atom stereocenters. The number of rotatable bonds is 5. The maximum atomic E-state index is 6.24. The van der Waals surface area contributed by atoms with Crippen molar-refractivity contribution in [2.45, 2.75) is 38.3 Å². The molecular weight excluding hydrogens is 306 g/mol. The lowest BCUT2D eigenvalue weighted by Crippen LogP contribution is -2.44. The molecule has 1 aromatic carbocycles. The summed E-state index contributed by atoms with van der Waals surface area (Å²) >= 11 is 0. The van der Waals surface area contributed by atoms with Gasteiger partial charge in [-0.15, -0.1) is 0 Å². The van der Waals surface area contributed by atoms with Crippen LogP contribution in [0.5, 0.6) is 11.5 Å². The normalized spacial score (nSPS) is 19.5. The minimum atomic E-state index is 0.278. The topological polar surface area (TPSA) is 69.3 Å². The summed E-state index contributed by atoms with van der Waals surface area (Å²) in [5.41, 5.74) is 7.14. The van der Waals surface area contributed by atoms with Crippen LogP contribution in [0, 0.1) is 0 Å². The van der Waals surface area contributed by atoms with E-state index in [1.807, 2.05) is 18.2 Å². The summed E-state index contributed by atoms with van der Waals surface area (Å²) in [4.78, 5) is 6.61. The summed E-state index contributed by atoms with van der Waals surface area (Å²) in [6.45, 7) is 3.47. The summed E-state index contributed by atoms with van der Waals surface area (Å²) in [5, 5.41) is 0. The van der Waals surface area contributed by atoms with Gasteiger partial charge in [-0.05, 0) is 31.7 Å². The molecular formula is C18H27N3O3. The molecule has 2 fully saturated rings. The first-order chi connectivity index (χ1) is 11.8. The van der Waals surface area contributed by atoms with Crippen molar-refractivity contribution >= 4 is 5.96 Å². The van der Waals surface area contributed by atoms with E-state index < -0.39 is 0 Å². The monoisotopic (exact) mass is 333 g/mol. The maximum absolute atomic E-state index is 6.24. The predicted molar refractivity (Wildman–Crippen MR) is 93.6 cm³/mol. The van der Waals surface area contributed by atoms with Gasteiger partial charge in [-0.1, -0.05) is 12.1 Å². The summed E-state index contributed by atoms with van der Waals surface area (Å²) in [6, 6.07) is 5.93. The van der Waals surface area contributed by atoms with E-state index in [4.69, 9.17) is 19.9 Å². The van der Waals surface area contributed by atoms with E-state index in [2.05, 4.69) is 9.89 Å². The van der Waals surface area contributed by atoms with E-state index in [0.29, 0.717) is 25.7 Å². The van der Waals surface area contributed by atoms with Crippen molar-refractivity contribution < 1.29 is 14.2 Å². The molecule has 1 aromatic rings. The first-order valence-corrected chi connectivity index (χ1v) is 8.73. The lowest BCUT2D eigenvalue weighted by atomic mass is 10.1. The molecule has 6 heteroatoms. The van der Waals surface area contributed by atoms with Crippen molar-refractivity contribution in [1.29, 1.82) is 0 Å². The molecule has 132 valence electrons. The van der Waals surface area contributed by atoms with E-state index in [9.17, 15) is 0 Å². The van der Waals surface area contributed by atoms with Crippen LogP contribution in [0.1, 0.15) is 31.2 Å². The molecule has 1 saturated heterocycles. The molecule has 0 unspecified atom stereocenters. The molecule has 1 heterocycles. The van der Waals surface area contributed by atoms with Crippen LogP contribution in [-0.2, 0) is 11.3 Å². The molecule has 24 heavy (non-hydrogen) atoms. The number of hydrogen-bond acceptors (Lipinski definition) is 4. The number of hydrogen-bond donors (Lipinski definition) is 1. The zero-order valence-corrected chi connectivity index (χ0v) is 14.4. The number of morpholine rings is 1. The zero-order chi connectivity index (χ0) is 16.8. The molecule has 2 N–H and O–H groups in total. The van der Waals surface area contributed by atoms with Crippen LogP contribution < -0.4 is 15.2 Å². The Kier molecular flexibility index (Phi) is 5.80. The number of methoxy groups -OCH3 is 1. The number of guanidine groups is 1. The van der Waals surface area contributed by atoms with Gasteiger partial charge in [0.05, 0.1) is 33.0 Å². The van der Waals surface area contributed by atoms with Crippen molar-refractivity contribution in [3.8, 4) is 11.5 Å². The van der Waals surface area contributed by atoms with Crippen LogP contribution in [0.3, 0.4) is 0 Å². The van der Waals surface area contributed by atoms with Gasteiger partial charge in [0.2, 0.25) is 0 Å². The van der Waals surface area contributed by atoms with E-state index in [-0.39, 0.29) is 6.10 Å². The van der Waals surface area contributed by atoms with Gasteiger partial charge in [-0.2, -0.15) is 0 Å². The largest absolute Gasteiger partial charge is 0.493 e. The second-order valence-electron chi connectivity index (χ2n) is 6.25. The van der Waals surface area contributed by atoms with Crippen LogP contribution in [0.2, 0.25) is 0 Å². The van der Waals surface area contributed by atoms with Crippen molar-refractivity contribution in [3.63, 3.8) is 0 Å². The number of aliphatic imine (C=N–C) groups is 1. The predicted octanol–water partition coefficient (Wildman–Crippen LogP) is 2.16.